The van der Waals surface area contributed by atoms with E-state index in [0.717, 1.165) is 5.56 Å². The second-order valence-corrected chi connectivity index (χ2v) is 6.55. The largest absolute Gasteiger partial charge is 0.339 e. The van der Waals surface area contributed by atoms with Crippen LogP contribution in [0.15, 0.2) is 58.3 Å². The maximum absolute atomic E-state index is 12.1. The van der Waals surface area contributed by atoms with Crippen LogP contribution in [0.1, 0.15) is 12.3 Å². The van der Waals surface area contributed by atoms with E-state index in [1.165, 1.54) is 0 Å². The van der Waals surface area contributed by atoms with Crippen LogP contribution in [-0.2, 0) is 11.2 Å². The Morgan fingerprint density at radius 2 is 1.89 bits per heavy atom. The summed E-state index contributed by atoms with van der Waals surface area (Å²) >= 11 is 1.55. The summed E-state index contributed by atoms with van der Waals surface area (Å²) in [5.41, 5.74) is 2.15. The zero-order chi connectivity index (χ0) is 19.8. The van der Waals surface area contributed by atoms with Gasteiger partial charge in [0.15, 0.2) is 0 Å². The fourth-order valence-corrected chi connectivity index (χ4v) is 2.92. The summed E-state index contributed by atoms with van der Waals surface area (Å²) in [7, 11) is 0. The highest BCUT2D eigenvalue weighted by atomic mass is 32.1. The van der Waals surface area contributed by atoms with Gasteiger partial charge in [0, 0.05) is 41.7 Å². The summed E-state index contributed by atoms with van der Waals surface area (Å²) in [6.07, 6.45) is 2.16. The molecule has 0 saturated carbocycles. The molecule has 0 aliphatic rings. The first kappa shape index (κ1) is 19.3. The van der Waals surface area contributed by atoms with E-state index >= 15 is 0 Å². The Labute approximate surface area is 165 Å². The lowest BCUT2D eigenvalue weighted by atomic mass is 10.2. The van der Waals surface area contributed by atoms with Crippen molar-refractivity contribution < 1.29 is 14.1 Å². The first-order chi connectivity index (χ1) is 13.6. The maximum atomic E-state index is 12.1. The van der Waals surface area contributed by atoms with Gasteiger partial charge < -0.3 is 20.5 Å². The molecule has 3 amide bonds. The predicted molar refractivity (Wildman–Crippen MR) is 108 cm³/mol. The molecule has 0 bridgehead atoms. The van der Waals surface area contributed by atoms with Crippen LogP contribution in [0.2, 0.25) is 0 Å². The molecule has 0 fully saturated rings. The Morgan fingerprint density at radius 1 is 1.14 bits per heavy atom. The summed E-state index contributed by atoms with van der Waals surface area (Å²) in [5, 5.41) is 15.9. The predicted octanol–water partition coefficient (Wildman–Crippen LogP) is 3.68. The molecule has 0 atom stereocenters. The molecule has 8 nitrogen and oxygen atoms in total. The van der Waals surface area contributed by atoms with Gasteiger partial charge in [0.1, 0.15) is 0 Å². The Kier molecular flexibility index (Phi) is 6.53. The molecule has 0 aliphatic heterocycles. The number of aryl methyl sites for hydroxylation is 1. The minimum Gasteiger partial charge on any atom is -0.339 e. The van der Waals surface area contributed by atoms with Gasteiger partial charge in [-0.1, -0.05) is 11.2 Å². The zero-order valence-electron chi connectivity index (χ0n) is 15.0. The highest BCUT2D eigenvalue weighted by Crippen LogP contribution is 2.19. The van der Waals surface area contributed by atoms with Crippen molar-refractivity contribution in [2.45, 2.75) is 12.8 Å². The number of hydrogen-bond acceptors (Lipinski definition) is 6. The number of carbonyl (C=O) groups is 2. The van der Waals surface area contributed by atoms with Gasteiger partial charge >= 0.3 is 6.03 Å². The molecule has 0 radical (unpaired) electrons. The van der Waals surface area contributed by atoms with Crippen LogP contribution in [0.25, 0.3) is 11.4 Å². The smallest absolute Gasteiger partial charge is 0.319 e. The van der Waals surface area contributed by atoms with E-state index in [2.05, 4.69) is 32.7 Å². The third-order valence-electron chi connectivity index (χ3n) is 3.65. The van der Waals surface area contributed by atoms with Gasteiger partial charge in [0.2, 0.25) is 17.6 Å². The first-order valence-electron chi connectivity index (χ1n) is 8.55. The third kappa shape index (κ3) is 5.52. The molecule has 1 aromatic carbocycles. The molecule has 2 aromatic heterocycles. The molecule has 0 spiro atoms. The number of nitrogens with zero attached hydrogens (tertiary/aromatic N) is 2. The van der Waals surface area contributed by atoms with E-state index in [-0.39, 0.29) is 18.4 Å². The summed E-state index contributed by atoms with van der Waals surface area (Å²) in [5.74, 6) is 0.776. The Bertz CT molecular complexity index is 935. The molecule has 9 heteroatoms. The zero-order valence-corrected chi connectivity index (χ0v) is 15.8. The summed E-state index contributed by atoms with van der Waals surface area (Å²) in [4.78, 5) is 28.0. The van der Waals surface area contributed by atoms with Crippen molar-refractivity contribution in [3.8, 4) is 11.4 Å². The van der Waals surface area contributed by atoms with E-state index < -0.39 is 0 Å². The van der Waals surface area contributed by atoms with Gasteiger partial charge in [-0.3, -0.25) is 4.79 Å². The number of aromatic nitrogens is 2. The monoisotopic (exact) mass is 397 g/mol. The molecule has 144 valence electrons. The van der Waals surface area contributed by atoms with E-state index in [1.807, 2.05) is 16.8 Å². The lowest BCUT2D eigenvalue weighted by Gasteiger charge is -2.08. The Hall–Kier alpha value is -3.46. The maximum Gasteiger partial charge on any atom is 0.319 e. The van der Waals surface area contributed by atoms with E-state index in [1.54, 1.807) is 41.7 Å². The first-order valence-corrected chi connectivity index (χ1v) is 9.49. The number of amides is 3. The SMILES string of the molecule is C=CCNC(=O)Nc1ccc(NC(=O)CCc2nc(-c3ccsc3)no2)cc1. The normalized spacial score (nSPS) is 10.3. The van der Waals surface area contributed by atoms with Crippen molar-refractivity contribution in [2.75, 3.05) is 17.2 Å². The highest BCUT2D eigenvalue weighted by Gasteiger charge is 2.11. The second-order valence-electron chi connectivity index (χ2n) is 5.77. The van der Waals surface area contributed by atoms with Crippen LogP contribution in [-0.4, -0.2) is 28.6 Å². The van der Waals surface area contributed by atoms with Crippen LogP contribution in [0, 0.1) is 0 Å². The molecule has 0 unspecified atom stereocenters. The minimum absolute atomic E-state index is 0.167. The van der Waals surface area contributed by atoms with Gasteiger partial charge in [0.25, 0.3) is 0 Å². The van der Waals surface area contributed by atoms with Crippen LogP contribution in [0.5, 0.6) is 0 Å². The minimum atomic E-state index is -0.321. The van der Waals surface area contributed by atoms with Crippen molar-refractivity contribution in [1.82, 2.24) is 15.5 Å². The van der Waals surface area contributed by atoms with Crippen molar-refractivity contribution in [1.29, 1.82) is 0 Å². The number of rotatable bonds is 8. The molecular formula is C19H19N5O3S. The highest BCUT2D eigenvalue weighted by molar-refractivity contribution is 7.08. The van der Waals surface area contributed by atoms with Crippen LogP contribution >= 0.6 is 11.3 Å². The number of thiophene rings is 1. The second kappa shape index (κ2) is 9.47. The van der Waals surface area contributed by atoms with E-state index in [4.69, 9.17) is 4.52 Å². The van der Waals surface area contributed by atoms with Gasteiger partial charge in [-0.2, -0.15) is 16.3 Å². The summed E-state index contributed by atoms with van der Waals surface area (Å²) in [6, 6.07) is 8.42. The van der Waals surface area contributed by atoms with Crippen molar-refractivity contribution >= 4 is 34.6 Å². The van der Waals surface area contributed by atoms with E-state index in [9.17, 15) is 9.59 Å². The Morgan fingerprint density at radius 3 is 2.57 bits per heavy atom. The van der Waals surface area contributed by atoms with Crippen molar-refractivity contribution in [3.63, 3.8) is 0 Å². The lowest BCUT2D eigenvalue weighted by Crippen LogP contribution is -2.28. The van der Waals surface area contributed by atoms with Gasteiger partial charge in [0.05, 0.1) is 0 Å². The molecule has 3 aromatic rings. The fourth-order valence-electron chi connectivity index (χ4n) is 2.29. The number of hydrogen-bond donors (Lipinski definition) is 3. The standard InChI is InChI=1S/C19H19N5O3S/c1-2-10-20-19(26)22-15-5-3-14(4-6-15)21-16(25)7-8-17-23-18(24-27-17)13-9-11-28-12-13/h2-6,9,11-12H,1,7-8,10H2,(H,21,25)(H2,20,22,26). The quantitative estimate of drug-likeness (QED) is 0.503. The van der Waals surface area contributed by atoms with Gasteiger partial charge in [-0.15, -0.1) is 6.58 Å². The Balaban J connectivity index is 1.46. The van der Waals surface area contributed by atoms with Crippen LogP contribution in [0.3, 0.4) is 0 Å². The van der Waals surface area contributed by atoms with Crippen LogP contribution < -0.4 is 16.0 Å². The molecule has 2 heterocycles. The number of anilines is 2. The lowest BCUT2D eigenvalue weighted by molar-refractivity contribution is -0.116. The topological polar surface area (TPSA) is 109 Å². The fraction of sp³-hybridized carbons (Fsp3) is 0.158. The number of benzene rings is 1. The summed E-state index contributed by atoms with van der Waals surface area (Å²) < 4.78 is 5.18. The number of carbonyl (C=O) groups excluding carboxylic acids is 2. The number of urea groups is 1. The average Bonchev–Trinajstić information content (AvgIpc) is 3.38. The number of nitrogens with one attached hydrogen (secondary N) is 3. The molecule has 3 rings (SSSR count). The molecule has 28 heavy (non-hydrogen) atoms. The third-order valence-corrected chi connectivity index (χ3v) is 4.33. The van der Waals surface area contributed by atoms with Crippen LogP contribution in [0.4, 0.5) is 16.2 Å². The van der Waals surface area contributed by atoms with Crippen molar-refractivity contribution in [2.24, 2.45) is 0 Å². The molecule has 3 N–H and O–H groups in total. The van der Waals surface area contributed by atoms with Crippen molar-refractivity contribution in [3.05, 3.63) is 59.6 Å². The van der Waals surface area contributed by atoms with Gasteiger partial charge in [-0.25, -0.2) is 4.79 Å². The molecule has 0 aliphatic carbocycles. The molecule has 0 saturated heterocycles. The van der Waals surface area contributed by atoms with Gasteiger partial charge in [-0.05, 0) is 35.7 Å². The van der Waals surface area contributed by atoms with E-state index in [0.29, 0.717) is 36.1 Å². The molecular weight excluding hydrogens is 378 g/mol. The average molecular weight is 397 g/mol. The summed E-state index contributed by atoms with van der Waals surface area (Å²) in [6.45, 7) is 3.91.